The monoisotopic (exact) mass is 354 g/mol. The Morgan fingerprint density at radius 2 is 1.88 bits per heavy atom. The van der Waals surface area contributed by atoms with Gasteiger partial charge in [-0.25, -0.2) is 4.98 Å². The molecule has 3 aromatic rings. The summed E-state index contributed by atoms with van der Waals surface area (Å²) in [7, 11) is 0. The fraction of sp³-hybridized carbons (Fsp3) is 0.0526. The molecule has 3 nitrogen and oxygen atoms in total. The third kappa shape index (κ3) is 4.78. The minimum atomic E-state index is -0.189. The Morgan fingerprint density at radius 3 is 2.62 bits per heavy atom. The van der Waals surface area contributed by atoms with Crippen molar-refractivity contribution in [1.29, 1.82) is 0 Å². The molecule has 120 valence electrons. The molecule has 0 fully saturated rings. The van der Waals surface area contributed by atoms with Gasteiger partial charge in [-0.2, -0.15) is 0 Å². The summed E-state index contributed by atoms with van der Waals surface area (Å²) in [5.74, 6) is -0.189. The molecule has 0 aliphatic rings. The lowest BCUT2D eigenvalue weighted by Crippen LogP contribution is -2.06. The predicted molar refractivity (Wildman–Crippen MR) is 100 cm³/mol. The van der Waals surface area contributed by atoms with Crippen LogP contribution in [0.5, 0.6) is 0 Å². The standard InChI is InChI=1S/C19H15ClN2OS/c20-16-9-6-15(7-10-16)12-17-13-21-19(24-17)22-18(23)11-8-14-4-2-1-3-5-14/h1-11,13H,12H2,(H,21,22,23)/b11-8-. The number of rotatable bonds is 5. The molecule has 1 amide bonds. The molecule has 1 heterocycles. The van der Waals surface area contributed by atoms with Gasteiger partial charge in [-0.1, -0.05) is 54.1 Å². The van der Waals surface area contributed by atoms with Crippen molar-refractivity contribution in [2.45, 2.75) is 6.42 Å². The van der Waals surface area contributed by atoms with E-state index in [0.29, 0.717) is 5.13 Å². The van der Waals surface area contributed by atoms with Crippen LogP contribution in [0, 0.1) is 0 Å². The molecule has 0 bridgehead atoms. The first-order valence-corrected chi connectivity index (χ1v) is 8.62. The fourth-order valence-electron chi connectivity index (χ4n) is 2.13. The minimum Gasteiger partial charge on any atom is -0.298 e. The van der Waals surface area contributed by atoms with Gasteiger partial charge in [0.2, 0.25) is 5.91 Å². The number of thiazole rings is 1. The Hall–Kier alpha value is -2.43. The van der Waals surface area contributed by atoms with Gasteiger partial charge < -0.3 is 0 Å². The Bertz CT molecular complexity index is 841. The molecule has 2 aromatic carbocycles. The van der Waals surface area contributed by atoms with E-state index < -0.39 is 0 Å². The molecule has 0 radical (unpaired) electrons. The number of amides is 1. The smallest absolute Gasteiger partial charge is 0.250 e. The number of carbonyl (C=O) groups excluding carboxylic acids is 1. The van der Waals surface area contributed by atoms with Gasteiger partial charge in [0, 0.05) is 28.6 Å². The maximum atomic E-state index is 11.9. The number of benzene rings is 2. The SMILES string of the molecule is O=C(/C=C\c1ccccc1)Nc1ncc(Cc2ccc(Cl)cc2)s1. The number of nitrogens with zero attached hydrogens (tertiary/aromatic N) is 1. The van der Waals surface area contributed by atoms with E-state index in [1.54, 1.807) is 12.3 Å². The zero-order valence-electron chi connectivity index (χ0n) is 12.8. The van der Waals surface area contributed by atoms with Crippen LogP contribution in [0.1, 0.15) is 16.0 Å². The number of hydrogen-bond acceptors (Lipinski definition) is 3. The number of carbonyl (C=O) groups is 1. The Labute approximate surface area is 149 Å². The zero-order valence-corrected chi connectivity index (χ0v) is 14.3. The van der Waals surface area contributed by atoms with Crippen molar-refractivity contribution in [3.8, 4) is 0 Å². The summed E-state index contributed by atoms with van der Waals surface area (Å²) in [5.41, 5.74) is 2.14. The van der Waals surface area contributed by atoms with E-state index in [4.69, 9.17) is 11.6 Å². The van der Waals surface area contributed by atoms with Crippen molar-refractivity contribution < 1.29 is 4.79 Å². The summed E-state index contributed by atoms with van der Waals surface area (Å²) >= 11 is 7.36. The average molecular weight is 355 g/mol. The normalized spacial score (nSPS) is 10.9. The van der Waals surface area contributed by atoms with E-state index >= 15 is 0 Å². The van der Waals surface area contributed by atoms with Crippen molar-refractivity contribution in [3.05, 3.63) is 87.9 Å². The van der Waals surface area contributed by atoms with E-state index in [1.807, 2.05) is 54.6 Å². The lowest BCUT2D eigenvalue weighted by Gasteiger charge is -1.98. The highest BCUT2D eigenvalue weighted by Gasteiger charge is 2.05. The van der Waals surface area contributed by atoms with Gasteiger partial charge in [-0.3, -0.25) is 10.1 Å². The number of nitrogens with one attached hydrogen (secondary N) is 1. The summed E-state index contributed by atoms with van der Waals surface area (Å²) in [5, 5.41) is 4.11. The maximum absolute atomic E-state index is 11.9. The number of hydrogen-bond donors (Lipinski definition) is 1. The highest BCUT2D eigenvalue weighted by molar-refractivity contribution is 7.15. The number of aromatic nitrogens is 1. The molecule has 1 N–H and O–H groups in total. The van der Waals surface area contributed by atoms with Crippen LogP contribution in [0.25, 0.3) is 6.08 Å². The van der Waals surface area contributed by atoms with Gasteiger partial charge in [0.05, 0.1) is 0 Å². The van der Waals surface area contributed by atoms with E-state index in [1.165, 1.54) is 17.4 Å². The first-order valence-electron chi connectivity index (χ1n) is 7.42. The molecule has 0 unspecified atom stereocenters. The van der Waals surface area contributed by atoms with Gasteiger partial charge in [-0.15, -0.1) is 11.3 Å². The average Bonchev–Trinajstić information content (AvgIpc) is 3.03. The van der Waals surface area contributed by atoms with Crippen molar-refractivity contribution in [3.63, 3.8) is 0 Å². The summed E-state index contributed by atoms with van der Waals surface area (Å²) in [6, 6.07) is 17.4. The molecule has 0 saturated heterocycles. The third-order valence-corrected chi connectivity index (χ3v) is 4.47. The maximum Gasteiger partial charge on any atom is 0.250 e. The largest absolute Gasteiger partial charge is 0.298 e. The van der Waals surface area contributed by atoms with Crippen LogP contribution in [-0.2, 0) is 11.2 Å². The van der Waals surface area contributed by atoms with Crippen LogP contribution in [-0.4, -0.2) is 10.9 Å². The summed E-state index contributed by atoms with van der Waals surface area (Å²) < 4.78 is 0. The number of anilines is 1. The van der Waals surface area contributed by atoms with Crippen molar-refractivity contribution in [2.75, 3.05) is 5.32 Å². The first-order chi connectivity index (χ1) is 11.7. The van der Waals surface area contributed by atoms with Gasteiger partial charge in [-0.05, 0) is 29.3 Å². The molecule has 1 aromatic heterocycles. The first kappa shape index (κ1) is 16.4. The van der Waals surface area contributed by atoms with Crippen LogP contribution in [0.4, 0.5) is 5.13 Å². The molecule has 0 saturated carbocycles. The second-order valence-electron chi connectivity index (χ2n) is 5.17. The molecular weight excluding hydrogens is 340 g/mol. The van der Waals surface area contributed by atoms with Crippen LogP contribution in [0.3, 0.4) is 0 Å². The molecule has 0 spiro atoms. The lowest BCUT2D eigenvalue weighted by molar-refractivity contribution is -0.111. The van der Waals surface area contributed by atoms with Crippen LogP contribution >= 0.6 is 22.9 Å². The molecule has 0 aliphatic carbocycles. The summed E-state index contributed by atoms with van der Waals surface area (Å²) in [4.78, 5) is 17.3. The van der Waals surface area contributed by atoms with E-state index in [-0.39, 0.29) is 5.91 Å². The van der Waals surface area contributed by atoms with E-state index in [2.05, 4.69) is 10.3 Å². The van der Waals surface area contributed by atoms with Gasteiger partial charge in [0.15, 0.2) is 5.13 Å². The summed E-state index contributed by atoms with van der Waals surface area (Å²) in [6.07, 6.45) is 5.84. The Balaban J connectivity index is 1.58. The van der Waals surface area contributed by atoms with Crippen LogP contribution < -0.4 is 5.32 Å². The van der Waals surface area contributed by atoms with E-state index in [0.717, 1.165) is 27.4 Å². The number of halogens is 1. The second-order valence-corrected chi connectivity index (χ2v) is 6.72. The van der Waals surface area contributed by atoms with E-state index in [9.17, 15) is 4.79 Å². The van der Waals surface area contributed by atoms with Gasteiger partial charge in [0.25, 0.3) is 0 Å². The van der Waals surface area contributed by atoms with Crippen molar-refractivity contribution in [2.24, 2.45) is 0 Å². The third-order valence-electron chi connectivity index (χ3n) is 3.30. The summed E-state index contributed by atoms with van der Waals surface area (Å²) in [6.45, 7) is 0. The van der Waals surface area contributed by atoms with Crippen LogP contribution in [0.15, 0.2) is 66.9 Å². The van der Waals surface area contributed by atoms with Gasteiger partial charge in [0.1, 0.15) is 0 Å². The van der Waals surface area contributed by atoms with Crippen molar-refractivity contribution in [1.82, 2.24) is 4.98 Å². The molecule has 0 aliphatic heterocycles. The molecular formula is C19H15ClN2OS. The fourth-order valence-corrected chi connectivity index (χ4v) is 3.11. The predicted octanol–water partition coefficient (Wildman–Crippen LogP) is 5.04. The molecule has 0 atom stereocenters. The zero-order chi connectivity index (χ0) is 16.8. The lowest BCUT2D eigenvalue weighted by atomic mass is 10.1. The molecule has 5 heteroatoms. The molecule has 3 rings (SSSR count). The Morgan fingerprint density at radius 1 is 1.12 bits per heavy atom. The molecule has 24 heavy (non-hydrogen) atoms. The Kier molecular flexibility index (Phi) is 5.41. The van der Waals surface area contributed by atoms with Crippen molar-refractivity contribution >= 4 is 40.1 Å². The highest BCUT2D eigenvalue weighted by atomic mass is 35.5. The highest BCUT2D eigenvalue weighted by Crippen LogP contribution is 2.22. The quantitative estimate of drug-likeness (QED) is 0.652. The van der Waals surface area contributed by atoms with Gasteiger partial charge >= 0.3 is 0 Å². The minimum absolute atomic E-state index is 0.189. The van der Waals surface area contributed by atoms with Crippen LogP contribution in [0.2, 0.25) is 5.02 Å². The topological polar surface area (TPSA) is 42.0 Å². The second kappa shape index (κ2) is 7.90.